The number of nitrogens with two attached hydrogens (primary N) is 1. The Morgan fingerprint density at radius 1 is 1.25 bits per heavy atom. The van der Waals surface area contributed by atoms with E-state index in [0.717, 1.165) is 27.0 Å². The van der Waals surface area contributed by atoms with Crippen LogP contribution in [0.5, 0.6) is 0 Å². The SMILES string of the molecule is Nc1ccc(Cl)cc1SCc1csc(-c2ccsc2)n1. The number of halogens is 1. The summed E-state index contributed by atoms with van der Waals surface area (Å²) in [7, 11) is 0. The number of nitrogens with zero attached hydrogens (tertiary/aromatic N) is 1. The molecule has 2 nitrogen and oxygen atoms in total. The molecule has 0 aliphatic heterocycles. The van der Waals surface area contributed by atoms with Gasteiger partial charge in [0.15, 0.2) is 0 Å². The minimum Gasteiger partial charge on any atom is -0.398 e. The highest BCUT2D eigenvalue weighted by atomic mass is 35.5. The Balaban J connectivity index is 1.71. The predicted octanol–water partition coefficient (Wildman–Crippen LogP) is 5.40. The molecule has 0 aliphatic rings. The maximum absolute atomic E-state index is 5.99. The lowest BCUT2D eigenvalue weighted by Crippen LogP contribution is -1.89. The standard InChI is InChI=1S/C14H11ClN2S3/c15-10-1-2-12(16)13(5-10)19-7-11-8-20-14(17-11)9-3-4-18-6-9/h1-6,8H,7,16H2. The molecule has 20 heavy (non-hydrogen) atoms. The van der Waals surface area contributed by atoms with Crippen LogP contribution >= 0.6 is 46.0 Å². The van der Waals surface area contributed by atoms with E-state index >= 15 is 0 Å². The van der Waals surface area contributed by atoms with E-state index < -0.39 is 0 Å². The summed E-state index contributed by atoms with van der Waals surface area (Å²) in [5, 5.41) is 8.06. The third-order valence-electron chi connectivity index (χ3n) is 2.67. The number of anilines is 1. The van der Waals surface area contributed by atoms with Crippen molar-refractivity contribution in [1.82, 2.24) is 4.98 Å². The van der Waals surface area contributed by atoms with Crippen molar-refractivity contribution < 1.29 is 0 Å². The van der Waals surface area contributed by atoms with Crippen molar-refractivity contribution in [1.29, 1.82) is 0 Å². The first kappa shape index (κ1) is 13.9. The number of benzene rings is 1. The van der Waals surface area contributed by atoms with Crippen LogP contribution in [0.2, 0.25) is 5.02 Å². The van der Waals surface area contributed by atoms with Gasteiger partial charge in [0.05, 0.1) is 5.69 Å². The maximum atomic E-state index is 5.99. The molecule has 102 valence electrons. The fraction of sp³-hybridized carbons (Fsp3) is 0.0714. The number of nitrogen functional groups attached to an aromatic ring is 1. The van der Waals surface area contributed by atoms with Crippen molar-refractivity contribution in [2.45, 2.75) is 10.6 Å². The smallest absolute Gasteiger partial charge is 0.124 e. The van der Waals surface area contributed by atoms with Gasteiger partial charge >= 0.3 is 0 Å². The second-order valence-corrected chi connectivity index (χ2v) is 7.22. The van der Waals surface area contributed by atoms with E-state index in [1.165, 1.54) is 5.56 Å². The molecule has 0 atom stereocenters. The minimum absolute atomic E-state index is 0.707. The molecule has 0 saturated heterocycles. The summed E-state index contributed by atoms with van der Waals surface area (Å²) < 4.78 is 0. The van der Waals surface area contributed by atoms with Gasteiger partial charge in [-0.05, 0) is 29.6 Å². The van der Waals surface area contributed by atoms with Crippen LogP contribution in [0.1, 0.15) is 5.69 Å². The highest BCUT2D eigenvalue weighted by Crippen LogP contribution is 2.32. The van der Waals surface area contributed by atoms with Crippen molar-refractivity contribution in [2.24, 2.45) is 0 Å². The highest BCUT2D eigenvalue weighted by molar-refractivity contribution is 7.98. The summed E-state index contributed by atoms with van der Waals surface area (Å²) in [6.07, 6.45) is 0. The molecular weight excluding hydrogens is 328 g/mol. The zero-order valence-corrected chi connectivity index (χ0v) is 13.6. The molecule has 0 bridgehead atoms. The van der Waals surface area contributed by atoms with Crippen molar-refractivity contribution in [3.8, 4) is 10.6 Å². The van der Waals surface area contributed by atoms with E-state index in [-0.39, 0.29) is 0 Å². The van der Waals surface area contributed by atoms with Crippen molar-refractivity contribution >= 4 is 51.7 Å². The van der Waals surface area contributed by atoms with Gasteiger partial charge in [0.1, 0.15) is 5.01 Å². The second-order valence-electron chi connectivity index (χ2n) is 4.13. The topological polar surface area (TPSA) is 38.9 Å². The van der Waals surface area contributed by atoms with Gasteiger partial charge in [-0.1, -0.05) is 11.6 Å². The average molecular weight is 339 g/mol. The molecule has 1 aromatic carbocycles. The zero-order valence-electron chi connectivity index (χ0n) is 10.4. The van der Waals surface area contributed by atoms with E-state index in [2.05, 4.69) is 27.2 Å². The summed E-state index contributed by atoms with van der Waals surface area (Å²) in [4.78, 5) is 5.65. The first-order valence-electron chi connectivity index (χ1n) is 5.87. The second kappa shape index (κ2) is 6.18. The third-order valence-corrected chi connectivity index (χ3v) is 5.63. The number of thiophene rings is 1. The molecular formula is C14H11ClN2S3. The highest BCUT2D eigenvalue weighted by Gasteiger charge is 2.07. The van der Waals surface area contributed by atoms with Crippen molar-refractivity contribution in [2.75, 3.05) is 5.73 Å². The van der Waals surface area contributed by atoms with Crippen LogP contribution in [0.25, 0.3) is 10.6 Å². The molecule has 0 amide bonds. The van der Waals surface area contributed by atoms with Crippen LogP contribution in [-0.4, -0.2) is 4.98 Å². The fourth-order valence-electron chi connectivity index (χ4n) is 1.68. The van der Waals surface area contributed by atoms with Gasteiger partial charge < -0.3 is 5.73 Å². The number of rotatable bonds is 4. The average Bonchev–Trinajstić information content (AvgIpc) is 3.09. The van der Waals surface area contributed by atoms with Crippen LogP contribution in [0.4, 0.5) is 5.69 Å². The van der Waals surface area contributed by atoms with Gasteiger partial charge in [-0.25, -0.2) is 4.98 Å². The molecule has 2 N–H and O–H groups in total. The molecule has 6 heteroatoms. The Hall–Kier alpha value is -1.01. The summed E-state index contributed by atoms with van der Waals surface area (Å²) >= 11 is 11.0. The number of hydrogen-bond acceptors (Lipinski definition) is 5. The number of thioether (sulfide) groups is 1. The van der Waals surface area contributed by atoms with Gasteiger partial charge in [0.2, 0.25) is 0 Å². The van der Waals surface area contributed by atoms with E-state index in [9.17, 15) is 0 Å². The molecule has 3 aromatic rings. The summed E-state index contributed by atoms with van der Waals surface area (Å²) in [5.74, 6) is 0.797. The van der Waals surface area contributed by atoms with Gasteiger partial charge in [-0.3, -0.25) is 0 Å². The normalized spacial score (nSPS) is 10.8. The predicted molar refractivity (Wildman–Crippen MR) is 90.9 cm³/mol. The number of hydrogen-bond donors (Lipinski definition) is 1. The van der Waals surface area contributed by atoms with E-state index in [0.29, 0.717) is 5.02 Å². The van der Waals surface area contributed by atoms with Gasteiger partial charge in [0, 0.05) is 37.7 Å². The van der Waals surface area contributed by atoms with E-state index in [1.807, 2.05) is 12.1 Å². The summed E-state index contributed by atoms with van der Waals surface area (Å²) in [6.45, 7) is 0. The molecule has 0 aliphatic carbocycles. The largest absolute Gasteiger partial charge is 0.398 e. The van der Waals surface area contributed by atoms with Crippen LogP contribution in [0.3, 0.4) is 0 Å². The maximum Gasteiger partial charge on any atom is 0.124 e. The lowest BCUT2D eigenvalue weighted by molar-refractivity contribution is 1.23. The Morgan fingerprint density at radius 3 is 2.95 bits per heavy atom. The van der Waals surface area contributed by atoms with Crippen LogP contribution in [-0.2, 0) is 5.75 Å². The molecule has 0 spiro atoms. The van der Waals surface area contributed by atoms with Gasteiger partial charge in [0.25, 0.3) is 0 Å². The third kappa shape index (κ3) is 3.17. The Labute approximate surface area is 134 Å². The fourth-order valence-corrected chi connectivity index (χ4v) is 4.45. The molecule has 3 rings (SSSR count). The van der Waals surface area contributed by atoms with E-state index in [1.54, 1.807) is 40.5 Å². The minimum atomic E-state index is 0.707. The van der Waals surface area contributed by atoms with Crippen molar-refractivity contribution in [3.05, 3.63) is 51.1 Å². The first-order chi connectivity index (χ1) is 9.72. The lowest BCUT2D eigenvalue weighted by atomic mass is 10.3. The molecule has 0 fully saturated rings. The molecule has 2 heterocycles. The zero-order chi connectivity index (χ0) is 13.9. The van der Waals surface area contributed by atoms with Crippen LogP contribution in [0.15, 0.2) is 45.3 Å². The summed E-state index contributed by atoms with van der Waals surface area (Å²) in [5.41, 5.74) is 8.96. The number of aromatic nitrogens is 1. The molecule has 2 aromatic heterocycles. The number of thiazole rings is 1. The Kier molecular flexibility index (Phi) is 4.31. The van der Waals surface area contributed by atoms with Crippen LogP contribution < -0.4 is 5.73 Å². The Bertz CT molecular complexity index is 707. The monoisotopic (exact) mass is 338 g/mol. The van der Waals surface area contributed by atoms with E-state index in [4.69, 9.17) is 17.3 Å². The lowest BCUT2D eigenvalue weighted by Gasteiger charge is -2.04. The molecule has 0 saturated carbocycles. The quantitative estimate of drug-likeness (QED) is 0.511. The summed E-state index contributed by atoms with van der Waals surface area (Å²) in [6, 6.07) is 7.63. The van der Waals surface area contributed by atoms with Crippen molar-refractivity contribution in [3.63, 3.8) is 0 Å². The van der Waals surface area contributed by atoms with Crippen LogP contribution in [0, 0.1) is 0 Å². The van der Waals surface area contributed by atoms with Gasteiger partial charge in [-0.15, -0.1) is 23.1 Å². The molecule has 0 unspecified atom stereocenters. The molecule has 0 radical (unpaired) electrons. The Morgan fingerprint density at radius 2 is 2.15 bits per heavy atom. The first-order valence-corrected chi connectivity index (χ1v) is 9.06. The van der Waals surface area contributed by atoms with Gasteiger partial charge in [-0.2, -0.15) is 11.3 Å².